The molecule has 3 nitrogen and oxygen atoms in total. The SMILES string of the molecule is N/C(CSc1ccc2c(c1)CCC2)=N\O. The Labute approximate surface area is 93.4 Å². The third-order valence-electron chi connectivity index (χ3n) is 2.59. The maximum atomic E-state index is 8.42. The third-order valence-corrected chi connectivity index (χ3v) is 3.61. The lowest BCUT2D eigenvalue weighted by Gasteiger charge is -2.03. The van der Waals surface area contributed by atoms with Gasteiger partial charge in [0.05, 0.1) is 5.75 Å². The number of aryl methyl sites for hydroxylation is 2. The molecule has 0 unspecified atom stereocenters. The zero-order chi connectivity index (χ0) is 10.7. The molecule has 4 heteroatoms. The van der Waals surface area contributed by atoms with Gasteiger partial charge in [-0.1, -0.05) is 11.2 Å². The van der Waals surface area contributed by atoms with Gasteiger partial charge in [-0.2, -0.15) is 0 Å². The van der Waals surface area contributed by atoms with E-state index in [1.165, 1.54) is 35.3 Å². The van der Waals surface area contributed by atoms with Crippen molar-refractivity contribution in [3.63, 3.8) is 0 Å². The minimum Gasteiger partial charge on any atom is -0.409 e. The highest BCUT2D eigenvalue weighted by molar-refractivity contribution is 8.00. The molecule has 1 aromatic carbocycles. The summed E-state index contributed by atoms with van der Waals surface area (Å²) >= 11 is 1.60. The van der Waals surface area contributed by atoms with Crippen LogP contribution in [0.3, 0.4) is 0 Å². The number of rotatable bonds is 3. The fourth-order valence-corrected chi connectivity index (χ4v) is 2.59. The number of fused-ring (bicyclic) bond motifs is 1. The fraction of sp³-hybridized carbons (Fsp3) is 0.364. The molecule has 0 atom stereocenters. The Bertz CT molecular complexity index is 390. The predicted octanol–water partition coefficient (Wildman–Crippen LogP) is 2.01. The number of hydrogen-bond acceptors (Lipinski definition) is 3. The van der Waals surface area contributed by atoms with Crippen LogP contribution in [0.25, 0.3) is 0 Å². The summed E-state index contributed by atoms with van der Waals surface area (Å²) < 4.78 is 0. The van der Waals surface area contributed by atoms with E-state index in [0.29, 0.717) is 5.75 Å². The zero-order valence-corrected chi connectivity index (χ0v) is 9.26. The molecular formula is C11H14N2OS. The molecule has 0 bridgehead atoms. The van der Waals surface area contributed by atoms with Crippen LogP contribution in [-0.2, 0) is 12.8 Å². The summed E-state index contributed by atoms with van der Waals surface area (Å²) in [5.41, 5.74) is 8.35. The van der Waals surface area contributed by atoms with Crippen LogP contribution in [0.1, 0.15) is 17.5 Å². The summed E-state index contributed by atoms with van der Waals surface area (Å²) in [6, 6.07) is 6.52. The Morgan fingerprint density at radius 2 is 2.20 bits per heavy atom. The molecule has 0 saturated heterocycles. The molecule has 1 aromatic rings. The van der Waals surface area contributed by atoms with Crippen LogP contribution < -0.4 is 5.73 Å². The first-order chi connectivity index (χ1) is 7.29. The van der Waals surface area contributed by atoms with Gasteiger partial charge in [0.15, 0.2) is 0 Å². The van der Waals surface area contributed by atoms with Crippen molar-refractivity contribution in [2.24, 2.45) is 10.9 Å². The van der Waals surface area contributed by atoms with E-state index in [1.807, 2.05) is 0 Å². The van der Waals surface area contributed by atoms with Crippen LogP contribution in [0.2, 0.25) is 0 Å². The monoisotopic (exact) mass is 222 g/mol. The van der Waals surface area contributed by atoms with Crippen molar-refractivity contribution >= 4 is 17.6 Å². The second-order valence-corrected chi connectivity index (χ2v) is 4.71. The minimum atomic E-state index is 0.264. The number of oxime groups is 1. The molecule has 0 saturated carbocycles. The standard InChI is InChI=1S/C11H14N2OS/c12-11(13-14)7-15-10-5-4-8-2-1-3-9(8)6-10/h4-6,14H,1-3,7H2,(H2,12,13). The van der Waals surface area contributed by atoms with Gasteiger partial charge in [0, 0.05) is 4.90 Å². The number of amidine groups is 1. The molecule has 0 radical (unpaired) electrons. The van der Waals surface area contributed by atoms with Crippen LogP contribution in [0.15, 0.2) is 28.3 Å². The van der Waals surface area contributed by atoms with Crippen molar-refractivity contribution in [1.82, 2.24) is 0 Å². The van der Waals surface area contributed by atoms with Gasteiger partial charge >= 0.3 is 0 Å². The van der Waals surface area contributed by atoms with Crippen molar-refractivity contribution in [3.05, 3.63) is 29.3 Å². The summed E-state index contributed by atoms with van der Waals surface area (Å²) in [7, 11) is 0. The van der Waals surface area contributed by atoms with Crippen molar-refractivity contribution in [2.75, 3.05) is 5.75 Å². The fourth-order valence-electron chi connectivity index (χ4n) is 1.82. The van der Waals surface area contributed by atoms with Crippen LogP contribution in [0.4, 0.5) is 0 Å². The van der Waals surface area contributed by atoms with Gasteiger partial charge in [-0.25, -0.2) is 0 Å². The van der Waals surface area contributed by atoms with E-state index in [9.17, 15) is 0 Å². The number of thioether (sulfide) groups is 1. The zero-order valence-electron chi connectivity index (χ0n) is 8.44. The molecular weight excluding hydrogens is 208 g/mol. The van der Waals surface area contributed by atoms with Gasteiger partial charge in [0.25, 0.3) is 0 Å². The number of benzene rings is 1. The van der Waals surface area contributed by atoms with Crippen molar-refractivity contribution in [2.45, 2.75) is 24.2 Å². The molecule has 1 aliphatic rings. The number of nitrogens with zero attached hydrogens (tertiary/aromatic N) is 1. The molecule has 0 heterocycles. The molecule has 0 aromatic heterocycles. The normalized spacial score (nSPS) is 15.3. The van der Waals surface area contributed by atoms with E-state index in [0.717, 1.165) is 0 Å². The molecule has 80 valence electrons. The highest BCUT2D eigenvalue weighted by atomic mass is 32.2. The Kier molecular flexibility index (Phi) is 3.16. The maximum absolute atomic E-state index is 8.42. The summed E-state index contributed by atoms with van der Waals surface area (Å²) in [6.45, 7) is 0. The summed E-state index contributed by atoms with van der Waals surface area (Å²) in [4.78, 5) is 1.20. The Morgan fingerprint density at radius 1 is 1.40 bits per heavy atom. The Morgan fingerprint density at radius 3 is 3.00 bits per heavy atom. The maximum Gasteiger partial charge on any atom is 0.149 e. The first-order valence-corrected chi connectivity index (χ1v) is 5.99. The molecule has 15 heavy (non-hydrogen) atoms. The topological polar surface area (TPSA) is 58.6 Å². The van der Waals surface area contributed by atoms with Gasteiger partial charge in [0.2, 0.25) is 0 Å². The summed E-state index contributed by atoms with van der Waals surface area (Å²) in [6.07, 6.45) is 3.66. The van der Waals surface area contributed by atoms with E-state index in [2.05, 4.69) is 23.4 Å². The summed E-state index contributed by atoms with van der Waals surface area (Å²) in [5, 5.41) is 11.4. The van der Waals surface area contributed by atoms with Gasteiger partial charge in [-0.05, 0) is 42.5 Å². The van der Waals surface area contributed by atoms with E-state index in [4.69, 9.17) is 10.9 Å². The van der Waals surface area contributed by atoms with Crippen LogP contribution in [0.5, 0.6) is 0 Å². The average molecular weight is 222 g/mol. The smallest absolute Gasteiger partial charge is 0.149 e. The molecule has 0 aliphatic heterocycles. The van der Waals surface area contributed by atoms with Crippen LogP contribution in [0, 0.1) is 0 Å². The van der Waals surface area contributed by atoms with Crippen molar-refractivity contribution < 1.29 is 5.21 Å². The predicted molar refractivity (Wildman–Crippen MR) is 62.6 cm³/mol. The molecule has 0 amide bonds. The van der Waals surface area contributed by atoms with Crippen molar-refractivity contribution in [3.8, 4) is 0 Å². The summed E-state index contributed by atoms with van der Waals surface area (Å²) in [5.74, 6) is 0.801. The third kappa shape index (κ3) is 2.45. The molecule has 2 rings (SSSR count). The van der Waals surface area contributed by atoms with Crippen LogP contribution in [-0.4, -0.2) is 16.8 Å². The largest absolute Gasteiger partial charge is 0.409 e. The highest BCUT2D eigenvalue weighted by Gasteiger charge is 2.10. The van der Waals surface area contributed by atoms with Gasteiger partial charge in [-0.15, -0.1) is 11.8 Å². The van der Waals surface area contributed by atoms with E-state index in [-0.39, 0.29) is 5.84 Å². The number of hydrogen-bond donors (Lipinski definition) is 2. The quantitative estimate of drug-likeness (QED) is 0.270. The van der Waals surface area contributed by atoms with Gasteiger partial charge in [0.1, 0.15) is 5.84 Å². The second-order valence-electron chi connectivity index (χ2n) is 3.66. The van der Waals surface area contributed by atoms with E-state index in [1.54, 1.807) is 11.8 Å². The van der Waals surface area contributed by atoms with Gasteiger partial charge < -0.3 is 10.9 Å². The first kappa shape index (κ1) is 10.4. The van der Waals surface area contributed by atoms with Crippen molar-refractivity contribution in [1.29, 1.82) is 0 Å². The number of nitrogens with two attached hydrogens (primary N) is 1. The Hall–Kier alpha value is -1.16. The molecule has 0 fully saturated rings. The lowest BCUT2D eigenvalue weighted by molar-refractivity contribution is 0.318. The second kappa shape index (κ2) is 4.57. The minimum absolute atomic E-state index is 0.264. The lowest BCUT2D eigenvalue weighted by atomic mass is 10.1. The molecule has 0 spiro atoms. The highest BCUT2D eigenvalue weighted by Crippen LogP contribution is 2.27. The average Bonchev–Trinajstić information content (AvgIpc) is 2.72. The Balaban J connectivity index is 2.04. The van der Waals surface area contributed by atoms with Crippen LogP contribution >= 0.6 is 11.8 Å². The molecule has 3 N–H and O–H groups in total. The van der Waals surface area contributed by atoms with E-state index >= 15 is 0 Å². The van der Waals surface area contributed by atoms with Gasteiger partial charge in [-0.3, -0.25) is 0 Å². The van der Waals surface area contributed by atoms with E-state index < -0.39 is 0 Å². The first-order valence-electron chi connectivity index (χ1n) is 5.00. The lowest BCUT2D eigenvalue weighted by Crippen LogP contribution is -2.14. The molecule has 1 aliphatic carbocycles.